The second-order valence-corrected chi connectivity index (χ2v) is 30.9. The van der Waals surface area contributed by atoms with E-state index in [0.717, 1.165) is 51.2 Å². The Labute approximate surface area is 593 Å². The number of para-hydroxylation sites is 8. The summed E-state index contributed by atoms with van der Waals surface area (Å²) in [5.41, 5.74) is 38.6. The maximum absolute atomic E-state index is 2.72. The fraction of sp³-hybridized carbons (Fsp3) is 0.0870. The predicted octanol–water partition coefficient (Wildman–Crippen LogP) is 18.2. The van der Waals surface area contributed by atoms with Crippen LogP contribution >= 0.6 is 0 Å². The molecule has 0 amide bonds. The molecule has 0 unspecified atom stereocenters. The summed E-state index contributed by atoms with van der Waals surface area (Å²) < 4.78 is 2.98. The van der Waals surface area contributed by atoms with Crippen LogP contribution in [0.25, 0.3) is 22.3 Å². The van der Waals surface area contributed by atoms with Gasteiger partial charge in [-0.25, -0.2) is 0 Å². The standard InChI is InChI=1S/C92H69B2N5Se/c1-58-83-87(59(2)88-84(58)94-76-47-29-31-49-80(76)100-90-82-72(57-79(86(90)94)99(88)66-44-26-13-27-45-66)70-53-51-68(55-74(70)92(82,5)6)96(62-36-18-9-19-37-62)63-38-20-10-21-39-63)98(65-42-24-12-25-43-65)78-56-71-69-52-50-67(95(60-32-14-7-15-33-60)61-34-16-8-17-35-61)54-73(69)91(3,4)81(71)89-85(78)93(83)75-46-28-30-48-77(75)97(89)64-40-22-11-23-41-64/h7-57H,1-6H3. The van der Waals surface area contributed by atoms with Gasteiger partial charge in [-0.3, -0.25) is 0 Å². The molecule has 0 aromatic heterocycles. The van der Waals surface area contributed by atoms with E-state index in [2.05, 4.69) is 375 Å². The molecule has 8 heteroatoms. The van der Waals surface area contributed by atoms with Crippen LogP contribution in [0.1, 0.15) is 61.1 Å². The first-order valence-corrected chi connectivity index (χ1v) is 36.9. The Bertz CT molecular complexity index is 5610. The van der Waals surface area contributed by atoms with E-state index in [1.54, 1.807) is 0 Å². The minimum absolute atomic E-state index is 0.0180. The van der Waals surface area contributed by atoms with Gasteiger partial charge in [-0.1, -0.05) is 60.7 Å². The average molecular weight is 1350 g/mol. The van der Waals surface area contributed by atoms with Crippen LogP contribution in [-0.4, -0.2) is 28.4 Å². The molecule has 100 heavy (non-hydrogen) atoms. The van der Waals surface area contributed by atoms with Gasteiger partial charge >= 0.3 is 478 Å². The maximum atomic E-state index is 2.72. The number of hydrogen-bond donors (Lipinski definition) is 0. The van der Waals surface area contributed by atoms with E-state index in [1.165, 1.54) is 131 Å². The van der Waals surface area contributed by atoms with Gasteiger partial charge in [0.2, 0.25) is 0 Å². The molecule has 474 valence electrons. The summed E-state index contributed by atoms with van der Waals surface area (Å²) in [7, 11) is 0. The van der Waals surface area contributed by atoms with Gasteiger partial charge in [-0.05, 0) is 36.4 Å². The van der Waals surface area contributed by atoms with Crippen molar-refractivity contribution in [3.63, 3.8) is 0 Å². The second-order valence-electron chi connectivity index (χ2n) is 28.7. The Morgan fingerprint density at radius 1 is 0.300 bits per heavy atom. The fourth-order valence-corrected chi connectivity index (χ4v) is 21.6. The van der Waals surface area contributed by atoms with E-state index in [-0.39, 0.29) is 33.8 Å². The summed E-state index contributed by atoms with van der Waals surface area (Å²) in [6.45, 7) is 14.8. The molecule has 4 aliphatic heterocycles. The Balaban J connectivity index is 0.869. The molecule has 2 aliphatic carbocycles. The van der Waals surface area contributed by atoms with Crippen LogP contribution in [0.4, 0.5) is 85.3 Å². The van der Waals surface area contributed by atoms with Crippen LogP contribution in [0.15, 0.2) is 309 Å². The first kappa shape index (κ1) is 58.8. The molecule has 0 bridgehead atoms. The summed E-state index contributed by atoms with van der Waals surface area (Å²) in [4.78, 5) is 12.9. The first-order chi connectivity index (χ1) is 49.0. The summed E-state index contributed by atoms with van der Waals surface area (Å²) >= 11 is -0.0180. The number of hydrogen-bond acceptors (Lipinski definition) is 5. The summed E-state index contributed by atoms with van der Waals surface area (Å²) in [6.07, 6.45) is 0. The summed E-state index contributed by atoms with van der Waals surface area (Å²) in [5.74, 6) is 0. The van der Waals surface area contributed by atoms with Crippen molar-refractivity contribution < 1.29 is 0 Å². The first-order valence-electron chi connectivity index (χ1n) is 35.2. The van der Waals surface area contributed by atoms with Crippen LogP contribution in [0, 0.1) is 13.8 Å². The number of nitrogens with zero attached hydrogens (tertiary/aromatic N) is 5. The van der Waals surface area contributed by atoms with Crippen LogP contribution in [0.3, 0.4) is 0 Å². The number of fused-ring (bicyclic) bond motifs is 16. The number of rotatable bonds is 9. The molecule has 0 radical (unpaired) electrons. The van der Waals surface area contributed by atoms with Crippen molar-refractivity contribution in [3.05, 3.63) is 343 Å². The van der Waals surface area contributed by atoms with Crippen molar-refractivity contribution in [1.29, 1.82) is 0 Å². The molecule has 14 aromatic rings. The quantitative estimate of drug-likeness (QED) is 0.134. The molecule has 4 heterocycles. The van der Waals surface area contributed by atoms with Crippen LogP contribution in [0.2, 0.25) is 0 Å². The van der Waals surface area contributed by atoms with Gasteiger partial charge in [0.25, 0.3) is 0 Å². The normalized spacial score (nSPS) is 14.5. The van der Waals surface area contributed by atoms with Crippen molar-refractivity contribution in [2.45, 2.75) is 52.4 Å². The van der Waals surface area contributed by atoms with Crippen molar-refractivity contribution in [2.24, 2.45) is 0 Å². The predicted molar refractivity (Wildman–Crippen MR) is 425 cm³/mol. The van der Waals surface area contributed by atoms with E-state index < -0.39 is 5.41 Å². The molecule has 0 fully saturated rings. The van der Waals surface area contributed by atoms with Gasteiger partial charge in [0, 0.05) is 17.1 Å². The van der Waals surface area contributed by atoms with Gasteiger partial charge in [-0.15, -0.1) is 0 Å². The zero-order valence-corrected chi connectivity index (χ0v) is 58.5. The summed E-state index contributed by atoms with van der Waals surface area (Å²) in [5, 5.41) is 0. The molecule has 0 N–H and O–H groups in total. The molecular weight excluding hydrogens is 1280 g/mol. The molecule has 0 saturated heterocycles. The molecular formula is C92H69B2N5Se. The Morgan fingerprint density at radius 3 is 1.14 bits per heavy atom. The zero-order valence-electron chi connectivity index (χ0n) is 56.7. The molecule has 20 rings (SSSR count). The monoisotopic (exact) mass is 1350 g/mol. The SMILES string of the molecule is Cc1c2c(c(C)c3c1B1c4ccccc4N(c4ccccc4)c4c1c(cc1c4C(C)(C)c4cc(N(c5ccccc5)c5ccccc5)ccc4-1)N3c1ccccc1)N(c1ccccc1)c1cc3c(c4c1B2c1ccccc1[Se]4)C(C)(C)c1cc(N(c2ccccc2)c2ccccc2)ccc1-3. The van der Waals surface area contributed by atoms with Crippen molar-refractivity contribution in [1.82, 2.24) is 0 Å². The van der Waals surface area contributed by atoms with E-state index in [9.17, 15) is 0 Å². The molecule has 6 aliphatic rings. The summed E-state index contributed by atoms with van der Waals surface area (Å²) in [6, 6.07) is 116. The third kappa shape index (κ3) is 8.32. The van der Waals surface area contributed by atoms with Gasteiger partial charge in [0.1, 0.15) is 0 Å². The topological polar surface area (TPSA) is 16.2 Å². The second kappa shape index (κ2) is 22.1. The van der Waals surface area contributed by atoms with Crippen LogP contribution in [-0.2, 0) is 10.8 Å². The molecule has 0 saturated carbocycles. The number of benzene rings is 14. The van der Waals surface area contributed by atoms with E-state index in [1.807, 2.05) is 0 Å². The van der Waals surface area contributed by atoms with Crippen molar-refractivity contribution >= 4 is 155 Å². The van der Waals surface area contributed by atoms with Crippen molar-refractivity contribution in [2.75, 3.05) is 24.5 Å². The van der Waals surface area contributed by atoms with Gasteiger partial charge < -0.3 is 4.90 Å². The van der Waals surface area contributed by atoms with E-state index in [0.29, 0.717) is 0 Å². The van der Waals surface area contributed by atoms with Crippen molar-refractivity contribution in [3.8, 4) is 22.3 Å². The molecule has 5 nitrogen and oxygen atoms in total. The third-order valence-electron chi connectivity index (χ3n) is 22.7. The number of anilines is 15. The van der Waals surface area contributed by atoms with Gasteiger partial charge in [0.05, 0.1) is 0 Å². The Hall–Kier alpha value is -11.3. The van der Waals surface area contributed by atoms with Gasteiger partial charge in [-0.2, -0.15) is 0 Å². The average Bonchev–Trinajstić information content (AvgIpc) is 1.14. The minimum atomic E-state index is -0.449. The Morgan fingerprint density at radius 2 is 0.670 bits per heavy atom. The zero-order chi connectivity index (χ0) is 66.9. The van der Waals surface area contributed by atoms with Crippen LogP contribution in [0.5, 0.6) is 0 Å². The van der Waals surface area contributed by atoms with Crippen LogP contribution < -0.4 is 66.2 Å². The fourth-order valence-electron chi connectivity index (χ4n) is 18.6. The molecule has 0 atom stereocenters. The Kier molecular flexibility index (Phi) is 13.0. The third-order valence-corrected chi connectivity index (χ3v) is 25.2. The van der Waals surface area contributed by atoms with Gasteiger partial charge in [0.15, 0.2) is 0 Å². The van der Waals surface area contributed by atoms with E-state index >= 15 is 0 Å². The molecule has 0 spiro atoms. The molecule has 14 aromatic carbocycles. The van der Waals surface area contributed by atoms with E-state index in [4.69, 9.17) is 0 Å².